The van der Waals surface area contributed by atoms with Gasteiger partial charge in [-0.05, 0) is 63.0 Å². The first-order valence-corrected chi connectivity index (χ1v) is 12.1. The molecule has 1 heterocycles. The molecular formula is C23H29N3OS2. The predicted octanol–water partition coefficient (Wildman–Crippen LogP) is 5.62. The van der Waals surface area contributed by atoms with Crippen molar-refractivity contribution in [2.45, 2.75) is 32.6 Å². The summed E-state index contributed by atoms with van der Waals surface area (Å²) in [6, 6.07) is 12.4. The maximum atomic E-state index is 13.6. The number of nitrogens with zero attached hydrogens (tertiary/aromatic N) is 3. The van der Waals surface area contributed by atoms with Gasteiger partial charge in [0, 0.05) is 23.5 Å². The summed E-state index contributed by atoms with van der Waals surface area (Å²) in [4.78, 5) is 23.8. The fraction of sp³-hybridized carbons (Fsp3) is 0.391. The van der Waals surface area contributed by atoms with Crippen molar-refractivity contribution in [3.05, 3.63) is 53.1 Å². The molecular weight excluding hydrogens is 398 g/mol. The first-order valence-electron chi connectivity index (χ1n) is 10.0. The summed E-state index contributed by atoms with van der Waals surface area (Å²) < 4.78 is 1.12. The SMILES string of the molecule is CCN(CC)CCN(C(=O)c1cc(C)ccc1C)c1nc2ccc(SC)cc2s1. The lowest BCUT2D eigenvalue weighted by Crippen LogP contribution is -2.39. The minimum Gasteiger partial charge on any atom is -0.302 e. The topological polar surface area (TPSA) is 36.4 Å². The van der Waals surface area contributed by atoms with Gasteiger partial charge in [0.15, 0.2) is 5.13 Å². The summed E-state index contributed by atoms with van der Waals surface area (Å²) in [6.07, 6.45) is 2.07. The lowest BCUT2D eigenvalue weighted by Gasteiger charge is -2.25. The van der Waals surface area contributed by atoms with E-state index in [1.807, 2.05) is 43.0 Å². The van der Waals surface area contributed by atoms with Crippen molar-refractivity contribution in [2.24, 2.45) is 0 Å². The molecule has 154 valence electrons. The van der Waals surface area contributed by atoms with E-state index in [-0.39, 0.29) is 5.91 Å². The second-order valence-electron chi connectivity index (χ2n) is 7.13. The minimum atomic E-state index is 0.0301. The van der Waals surface area contributed by atoms with Crippen LogP contribution in [0, 0.1) is 13.8 Å². The monoisotopic (exact) mass is 427 g/mol. The lowest BCUT2D eigenvalue weighted by atomic mass is 10.0. The van der Waals surface area contributed by atoms with Crippen LogP contribution in [-0.2, 0) is 0 Å². The molecule has 3 aromatic rings. The fourth-order valence-electron chi connectivity index (χ4n) is 3.31. The minimum absolute atomic E-state index is 0.0301. The van der Waals surface area contributed by atoms with Crippen LogP contribution in [0.3, 0.4) is 0 Å². The van der Waals surface area contributed by atoms with Gasteiger partial charge in [-0.25, -0.2) is 4.98 Å². The number of thioether (sulfide) groups is 1. The van der Waals surface area contributed by atoms with Gasteiger partial charge in [-0.3, -0.25) is 9.69 Å². The molecule has 0 aliphatic carbocycles. The van der Waals surface area contributed by atoms with Crippen LogP contribution in [0.15, 0.2) is 41.3 Å². The molecule has 2 aromatic carbocycles. The average Bonchev–Trinajstić information content (AvgIpc) is 3.15. The Morgan fingerprint density at radius 2 is 1.83 bits per heavy atom. The van der Waals surface area contributed by atoms with E-state index in [1.165, 1.54) is 4.90 Å². The molecule has 0 saturated heterocycles. The Morgan fingerprint density at radius 1 is 1.07 bits per heavy atom. The summed E-state index contributed by atoms with van der Waals surface area (Å²) in [5.41, 5.74) is 3.80. The van der Waals surface area contributed by atoms with Crippen LogP contribution in [0.2, 0.25) is 0 Å². The number of hydrogen-bond donors (Lipinski definition) is 0. The number of anilines is 1. The molecule has 0 fully saturated rings. The summed E-state index contributed by atoms with van der Waals surface area (Å²) in [5.74, 6) is 0.0301. The van der Waals surface area contributed by atoms with Gasteiger partial charge in [0.25, 0.3) is 5.91 Å². The van der Waals surface area contributed by atoms with Crippen molar-refractivity contribution in [1.82, 2.24) is 9.88 Å². The maximum Gasteiger partial charge on any atom is 0.260 e. The van der Waals surface area contributed by atoms with E-state index in [0.717, 1.165) is 51.7 Å². The third-order valence-corrected chi connectivity index (χ3v) is 6.98. The Balaban J connectivity index is 2.00. The smallest absolute Gasteiger partial charge is 0.260 e. The summed E-state index contributed by atoms with van der Waals surface area (Å²) in [6.45, 7) is 11.7. The molecule has 1 amide bonds. The Kier molecular flexibility index (Phi) is 7.33. The Labute approximate surface area is 181 Å². The van der Waals surface area contributed by atoms with Gasteiger partial charge < -0.3 is 4.90 Å². The zero-order chi connectivity index (χ0) is 21.0. The van der Waals surface area contributed by atoms with E-state index in [9.17, 15) is 4.79 Å². The highest BCUT2D eigenvalue weighted by Gasteiger charge is 2.23. The molecule has 0 aliphatic rings. The number of amides is 1. The van der Waals surface area contributed by atoms with Crippen LogP contribution in [0.25, 0.3) is 10.2 Å². The molecule has 3 rings (SSSR count). The third kappa shape index (κ3) is 5.00. The van der Waals surface area contributed by atoms with Crippen molar-refractivity contribution in [3.8, 4) is 0 Å². The normalized spacial score (nSPS) is 11.4. The van der Waals surface area contributed by atoms with Crippen LogP contribution in [0.1, 0.15) is 35.3 Å². The van der Waals surface area contributed by atoms with Gasteiger partial charge in [0.05, 0.1) is 10.2 Å². The second kappa shape index (κ2) is 9.74. The van der Waals surface area contributed by atoms with E-state index in [2.05, 4.69) is 37.1 Å². The van der Waals surface area contributed by atoms with Gasteiger partial charge in [-0.2, -0.15) is 0 Å². The molecule has 0 saturated carbocycles. The van der Waals surface area contributed by atoms with Crippen molar-refractivity contribution in [3.63, 3.8) is 0 Å². The van der Waals surface area contributed by atoms with Crippen molar-refractivity contribution >= 4 is 44.4 Å². The second-order valence-corrected chi connectivity index (χ2v) is 9.02. The largest absolute Gasteiger partial charge is 0.302 e. The van der Waals surface area contributed by atoms with Gasteiger partial charge in [-0.1, -0.05) is 42.9 Å². The number of hydrogen-bond acceptors (Lipinski definition) is 5. The van der Waals surface area contributed by atoms with Crippen LogP contribution in [0.4, 0.5) is 5.13 Å². The number of aryl methyl sites for hydroxylation is 2. The van der Waals surface area contributed by atoms with Crippen LogP contribution in [-0.4, -0.2) is 48.2 Å². The van der Waals surface area contributed by atoms with Gasteiger partial charge in [0.1, 0.15) is 0 Å². The van der Waals surface area contributed by atoms with E-state index in [4.69, 9.17) is 4.98 Å². The molecule has 0 N–H and O–H groups in total. The van der Waals surface area contributed by atoms with Crippen LogP contribution < -0.4 is 4.90 Å². The zero-order valence-corrected chi connectivity index (χ0v) is 19.5. The summed E-state index contributed by atoms with van der Waals surface area (Å²) >= 11 is 3.32. The van der Waals surface area contributed by atoms with Crippen molar-refractivity contribution < 1.29 is 4.79 Å². The highest BCUT2D eigenvalue weighted by molar-refractivity contribution is 7.98. The number of likely N-dealkylation sites (N-methyl/N-ethyl adjacent to an activating group) is 1. The molecule has 4 nitrogen and oxygen atoms in total. The third-order valence-electron chi connectivity index (χ3n) is 5.22. The first-order chi connectivity index (χ1) is 14.0. The molecule has 0 bridgehead atoms. The number of fused-ring (bicyclic) bond motifs is 1. The molecule has 0 unspecified atom stereocenters. The number of aromatic nitrogens is 1. The van der Waals surface area contributed by atoms with Gasteiger partial charge in [-0.15, -0.1) is 11.8 Å². The molecule has 0 aliphatic heterocycles. The average molecular weight is 428 g/mol. The molecule has 0 atom stereocenters. The number of carbonyl (C=O) groups excluding carboxylic acids is 1. The summed E-state index contributed by atoms with van der Waals surface area (Å²) in [5, 5.41) is 0.774. The summed E-state index contributed by atoms with van der Waals surface area (Å²) in [7, 11) is 0. The Hall–Kier alpha value is -1.89. The van der Waals surface area contributed by atoms with E-state index >= 15 is 0 Å². The number of rotatable bonds is 8. The van der Waals surface area contributed by atoms with E-state index in [1.54, 1.807) is 23.1 Å². The zero-order valence-electron chi connectivity index (χ0n) is 17.9. The number of carbonyl (C=O) groups is 1. The fourth-order valence-corrected chi connectivity index (χ4v) is 4.86. The van der Waals surface area contributed by atoms with Gasteiger partial charge in [0.2, 0.25) is 0 Å². The molecule has 0 spiro atoms. The lowest BCUT2D eigenvalue weighted by molar-refractivity contribution is 0.0983. The van der Waals surface area contributed by atoms with Crippen molar-refractivity contribution in [2.75, 3.05) is 37.3 Å². The Morgan fingerprint density at radius 3 is 2.52 bits per heavy atom. The standard InChI is InChI=1S/C23H29N3OS2/c1-6-25(7-2)12-13-26(22(27)19-14-16(3)8-9-17(19)4)23-24-20-11-10-18(28-5)15-21(20)29-23/h8-11,14-15H,6-7,12-13H2,1-5H3. The van der Waals surface area contributed by atoms with E-state index < -0.39 is 0 Å². The van der Waals surface area contributed by atoms with Crippen LogP contribution >= 0.6 is 23.1 Å². The van der Waals surface area contributed by atoms with Crippen molar-refractivity contribution in [1.29, 1.82) is 0 Å². The quantitative estimate of drug-likeness (QED) is 0.437. The molecule has 0 radical (unpaired) electrons. The number of thiazole rings is 1. The highest BCUT2D eigenvalue weighted by Crippen LogP contribution is 2.32. The number of benzene rings is 2. The van der Waals surface area contributed by atoms with Gasteiger partial charge >= 0.3 is 0 Å². The molecule has 1 aromatic heterocycles. The molecule has 29 heavy (non-hydrogen) atoms. The van der Waals surface area contributed by atoms with E-state index in [0.29, 0.717) is 6.54 Å². The molecule has 6 heteroatoms. The van der Waals surface area contributed by atoms with Crippen LogP contribution in [0.5, 0.6) is 0 Å². The first kappa shape index (κ1) is 21.8. The highest BCUT2D eigenvalue weighted by atomic mass is 32.2. The Bertz CT molecular complexity index is 995. The predicted molar refractivity (Wildman–Crippen MR) is 127 cm³/mol. The maximum absolute atomic E-state index is 13.6.